The number of anilines is 1. The lowest BCUT2D eigenvalue weighted by molar-refractivity contribution is -0.137. The molecule has 0 aliphatic heterocycles. The van der Waals surface area contributed by atoms with E-state index in [2.05, 4.69) is 10.6 Å². The smallest absolute Gasteiger partial charge is 0.345 e. The monoisotopic (exact) mass is 418 g/mol. The average Bonchev–Trinajstić information content (AvgIpc) is 3.23. The van der Waals surface area contributed by atoms with Crippen LogP contribution in [-0.2, 0) is 6.18 Å². The Morgan fingerprint density at radius 2 is 1.76 bits per heavy atom. The molecule has 3 aromatic rings. The minimum atomic E-state index is -4.46. The number of rotatable bonds is 5. The molecule has 1 aromatic heterocycles. The molecular formula is C21H17F3N2O2S. The molecule has 1 heterocycles. The maximum atomic E-state index is 12.9. The maximum absolute atomic E-state index is 12.9. The summed E-state index contributed by atoms with van der Waals surface area (Å²) in [5, 5.41) is 8.83. The third-order valence-corrected chi connectivity index (χ3v) is 4.95. The molecule has 150 valence electrons. The fourth-order valence-corrected chi connectivity index (χ4v) is 3.36. The van der Waals surface area contributed by atoms with Gasteiger partial charge in [0.2, 0.25) is 0 Å². The predicted molar refractivity (Wildman–Crippen MR) is 106 cm³/mol. The highest BCUT2D eigenvalue weighted by molar-refractivity contribution is 7.08. The largest absolute Gasteiger partial charge is 0.416 e. The van der Waals surface area contributed by atoms with Crippen LogP contribution >= 0.6 is 11.3 Å². The normalized spacial score (nSPS) is 12.3. The summed E-state index contributed by atoms with van der Waals surface area (Å²) in [7, 11) is 0. The van der Waals surface area contributed by atoms with Crippen molar-refractivity contribution in [2.24, 2.45) is 0 Å². The van der Waals surface area contributed by atoms with Gasteiger partial charge in [-0.2, -0.15) is 24.5 Å². The number of carbonyl (C=O) groups excluding carboxylic acids is 2. The first-order valence-corrected chi connectivity index (χ1v) is 9.60. The molecule has 2 amide bonds. The molecule has 3 rings (SSSR count). The van der Waals surface area contributed by atoms with Crippen molar-refractivity contribution in [1.82, 2.24) is 5.32 Å². The van der Waals surface area contributed by atoms with Crippen molar-refractivity contribution in [3.05, 3.63) is 87.6 Å². The van der Waals surface area contributed by atoms with Crippen molar-refractivity contribution in [1.29, 1.82) is 0 Å². The van der Waals surface area contributed by atoms with Gasteiger partial charge in [-0.15, -0.1) is 0 Å². The number of alkyl halides is 3. The molecular weight excluding hydrogens is 401 g/mol. The number of thiophene rings is 1. The van der Waals surface area contributed by atoms with Crippen LogP contribution < -0.4 is 10.6 Å². The minimum Gasteiger partial charge on any atom is -0.345 e. The van der Waals surface area contributed by atoms with Crippen LogP contribution in [0.5, 0.6) is 0 Å². The lowest BCUT2D eigenvalue weighted by Crippen LogP contribution is -2.28. The molecule has 0 fully saturated rings. The van der Waals surface area contributed by atoms with Gasteiger partial charge in [-0.1, -0.05) is 24.3 Å². The SMILES string of the molecule is CC(NC(=O)c1ccccc1NC(=O)c1ccsc1)c1cccc(C(F)(F)F)c1. The summed E-state index contributed by atoms with van der Waals surface area (Å²) in [5.74, 6) is -0.853. The molecule has 0 saturated heterocycles. The van der Waals surface area contributed by atoms with E-state index in [9.17, 15) is 22.8 Å². The molecule has 0 saturated carbocycles. The number of benzene rings is 2. The van der Waals surface area contributed by atoms with Gasteiger partial charge in [0.15, 0.2) is 0 Å². The standard InChI is InChI=1S/C21H17F3N2O2S/c1-13(14-5-4-6-16(11-14)21(22,23)24)25-20(28)17-7-2-3-8-18(17)26-19(27)15-9-10-29-12-15/h2-13H,1H3,(H,25,28)(H,26,27). The molecule has 0 aliphatic rings. The molecule has 0 aliphatic carbocycles. The first-order valence-electron chi connectivity index (χ1n) is 8.66. The highest BCUT2D eigenvalue weighted by Gasteiger charge is 2.30. The fourth-order valence-electron chi connectivity index (χ4n) is 2.72. The van der Waals surface area contributed by atoms with Gasteiger partial charge < -0.3 is 10.6 Å². The van der Waals surface area contributed by atoms with E-state index in [1.54, 1.807) is 41.9 Å². The third kappa shape index (κ3) is 5.03. The van der Waals surface area contributed by atoms with E-state index >= 15 is 0 Å². The molecule has 1 atom stereocenters. The molecule has 0 bridgehead atoms. The van der Waals surface area contributed by atoms with Crippen LogP contribution in [0.25, 0.3) is 0 Å². The second-order valence-electron chi connectivity index (χ2n) is 6.33. The summed E-state index contributed by atoms with van der Waals surface area (Å²) in [6, 6.07) is 12.3. The van der Waals surface area contributed by atoms with Gasteiger partial charge in [-0.05, 0) is 48.2 Å². The Hall–Kier alpha value is -3.13. The zero-order valence-corrected chi connectivity index (χ0v) is 16.1. The molecule has 0 spiro atoms. The van der Waals surface area contributed by atoms with Gasteiger partial charge >= 0.3 is 6.18 Å². The van der Waals surface area contributed by atoms with E-state index in [0.717, 1.165) is 12.1 Å². The highest BCUT2D eigenvalue weighted by Crippen LogP contribution is 2.31. The van der Waals surface area contributed by atoms with Crippen molar-refractivity contribution in [2.45, 2.75) is 19.1 Å². The van der Waals surface area contributed by atoms with Crippen molar-refractivity contribution in [3.8, 4) is 0 Å². The zero-order valence-electron chi connectivity index (χ0n) is 15.3. The van der Waals surface area contributed by atoms with Crippen LogP contribution in [0.15, 0.2) is 65.4 Å². The average molecular weight is 418 g/mol. The van der Waals surface area contributed by atoms with Crippen molar-refractivity contribution < 1.29 is 22.8 Å². The van der Waals surface area contributed by atoms with Gasteiger partial charge in [-0.25, -0.2) is 0 Å². The van der Waals surface area contributed by atoms with Crippen molar-refractivity contribution in [3.63, 3.8) is 0 Å². The Balaban J connectivity index is 1.77. The van der Waals surface area contributed by atoms with Crippen molar-refractivity contribution in [2.75, 3.05) is 5.32 Å². The van der Waals surface area contributed by atoms with E-state index in [4.69, 9.17) is 0 Å². The van der Waals surface area contributed by atoms with Crippen LogP contribution in [0.2, 0.25) is 0 Å². The molecule has 1 unspecified atom stereocenters. The molecule has 0 radical (unpaired) electrons. The van der Waals surface area contributed by atoms with E-state index in [1.165, 1.54) is 29.5 Å². The summed E-state index contributed by atoms with van der Waals surface area (Å²) in [4.78, 5) is 25.0. The van der Waals surface area contributed by atoms with Crippen LogP contribution in [-0.4, -0.2) is 11.8 Å². The number of para-hydroxylation sites is 1. The van der Waals surface area contributed by atoms with E-state index < -0.39 is 23.7 Å². The summed E-state index contributed by atoms with van der Waals surface area (Å²) < 4.78 is 38.8. The number of amides is 2. The van der Waals surface area contributed by atoms with Crippen molar-refractivity contribution >= 4 is 28.8 Å². The van der Waals surface area contributed by atoms with Crippen LogP contribution in [0.1, 0.15) is 44.8 Å². The first kappa shape index (κ1) is 20.6. The van der Waals surface area contributed by atoms with E-state index in [0.29, 0.717) is 16.8 Å². The molecule has 2 N–H and O–H groups in total. The van der Waals surface area contributed by atoms with E-state index in [-0.39, 0.29) is 11.5 Å². The number of carbonyl (C=O) groups is 2. The number of hydrogen-bond acceptors (Lipinski definition) is 3. The fraction of sp³-hybridized carbons (Fsp3) is 0.143. The number of halogens is 3. The Bertz CT molecular complexity index is 1020. The second kappa shape index (κ2) is 8.48. The first-order chi connectivity index (χ1) is 13.8. The minimum absolute atomic E-state index is 0.218. The predicted octanol–water partition coefficient (Wildman–Crippen LogP) is 5.51. The summed E-state index contributed by atoms with van der Waals surface area (Å²) >= 11 is 1.38. The summed E-state index contributed by atoms with van der Waals surface area (Å²) in [5.41, 5.74) is 0.558. The molecule has 8 heteroatoms. The molecule has 2 aromatic carbocycles. The lowest BCUT2D eigenvalue weighted by atomic mass is 10.0. The lowest BCUT2D eigenvalue weighted by Gasteiger charge is -2.17. The Labute approximate surface area is 169 Å². The third-order valence-electron chi connectivity index (χ3n) is 4.26. The number of nitrogens with one attached hydrogen (secondary N) is 2. The summed E-state index contributed by atoms with van der Waals surface area (Å²) in [6.07, 6.45) is -4.46. The van der Waals surface area contributed by atoms with Gasteiger partial charge in [-0.3, -0.25) is 9.59 Å². The van der Waals surface area contributed by atoms with Crippen LogP contribution in [0, 0.1) is 0 Å². The van der Waals surface area contributed by atoms with E-state index in [1.807, 2.05) is 0 Å². The number of hydrogen-bond donors (Lipinski definition) is 2. The van der Waals surface area contributed by atoms with Gasteiger partial charge in [0, 0.05) is 5.38 Å². The van der Waals surface area contributed by atoms with Gasteiger partial charge in [0.1, 0.15) is 0 Å². The quantitative estimate of drug-likeness (QED) is 0.574. The zero-order chi connectivity index (χ0) is 21.0. The van der Waals surface area contributed by atoms with Crippen LogP contribution in [0.3, 0.4) is 0 Å². The van der Waals surface area contributed by atoms with Crippen LogP contribution in [0.4, 0.5) is 18.9 Å². The maximum Gasteiger partial charge on any atom is 0.416 e. The second-order valence-corrected chi connectivity index (χ2v) is 7.11. The highest BCUT2D eigenvalue weighted by atomic mass is 32.1. The molecule has 4 nitrogen and oxygen atoms in total. The Kier molecular flexibility index (Phi) is 6.03. The Morgan fingerprint density at radius 3 is 2.45 bits per heavy atom. The summed E-state index contributed by atoms with van der Waals surface area (Å²) in [6.45, 7) is 1.60. The van der Waals surface area contributed by atoms with Gasteiger partial charge in [0.25, 0.3) is 11.8 Å². The molecule has 29 heavy (non-hydrogen) atoms. The van der Waals surface area contributed by atoms with Gasteiger partial charge in [0.05, 0.1) is 28.4 Å². The Morgan fingerprint density at radius 1 is 1.00 bits per heavy atom. The topological polar surface area (TPSA) is 58.2 Å².